The highest BCUT2D eigenvalue weighted by atomic mass is 32.2. The fourth-order valence-electron chi connectivity index (χ4n) is 1.39. The number of nitrogens with zero attached hydrogens (tertiary/aromatic N) is 1. The summed E-state index contributed by atoms with van der Waals surface area (Å²) in [6.45, 7) is 1.49. The van der Waals surface area contributed by atoms with Crippen LogP contribution in [0.15, 0.2) is 29.2 Å². The van der Waals surface area contributed by atoms with Crippen molar-refractivity contribution < 1.29 is 23.2 Å². The molecule has 1 atom stereocenters. The quantitative estimate of drug-likeness (QED) is 0.587. The zero-order valence-electron chi connectivity index (χ0n) is 9.94. The molecule has 0 bridgehead atoms. The van der Waals surface area contributed by atoms with E-state index in [4.69, 9.17) is 5.11 Å². The number of hydrogen-bond donors (Lipinski definition) is 2. The van der Waals surface area contributed by atoms with Crippen molar-refractivity contribution in [2.75, 3.05) is 0 Å². The van der Waals surface area contributed by atoms with Gasteiger partial charge in [0, 0.05) is 6.07 Å². The minimum absolute atomic E-state index is 0.0230. The first-order valence-electron chi connectivity index (χ1n) is 5.28. The van der Waals surface area contributed by atoms with E-state index in [0.29, 0.717) is 0 Å². The van der Waals surface area contributed by atoms with Crippen molar-refractivity contribution in [3.8, 4) is 0 Å². The summed E-state index contributed by atoms with van der Waals surface area (Å²) in [7, 11) is -4.26. The second-order valence-electron chi connectivity index (χ2n) is 3.65. The Balaban J connectivity index is 3.21. The molecule has 0 aliphatic heterocycles. The molecule has 0 heterocycles. The minimum atomic E-state index is -4.26. The molecule has 1 aromatic carbocycles. The van der Waals surface area contributed by atoms with Crippen molar-refractivity contribution in [1.82, 2.24) is 4.72 Å². The van der Waals surface area contributed by atoms with Gasteiger partial charge in [0.2, 0.25) is 10.0 Å². The first-order valence-corrected chi connectivity index (χ1v) is 6.76. The van der Waals surface area contributed by atoms with Crippen LogP contribution in [-0.4, -0.2) is 30.5 Å². The van der Waals surface area contributed by atoms with E-state index in [1.807, 2.05) is 4.72 Å². The Kier molecular flexibility index (Phi) is 4.57. The maximum absolute atomic E-state index is 12.0. The highest BCUT2D eigenvalue weighted by molar-refractivity contribution is 7.89. The molecular formula is C10H12N2O6S. The number of rotatable bonds is 6. The van der Waals surface area contributed by atoms with E-state index >= 15 is 0 Å². The predicted octanol–water partition coefficient (Wildman–Crippen LogP) is 0.736. The number of carboxylic acid groups (broad SMARTS) is 1. The summed E-state index contributed by atoms with van der Waals surface area (Å²) < 4.78 is 25.8. The first kappa shape index (κ1) is 15.1. The van der Waals surface area contributed by atoms with Gasteiger partial charge in [-0.2, -0.15) is 4.72 Å². The number of benzene rings is 1. The van der Waals surface area contributed by atoms with Crippen molar-refractivity contribution in [1.29, 1.82) is 0 Å². The van der Waals surface area contributed by atoms with E-state index in [9.17, 15) is 23.3 Å². The zero-order chi connectivity index (χ0) is 14.6. The topological polar surface area (TPSA) is 127 Å². The van der Waals surface area contributed by atoms with Crippen LogP contribution in [0.25, 0.3) is 0 Å². The van der Waals surface area contributed by atoms with Crippen molar-refractivity contribution >= 4 is 21.7 Å². The molecule has 0 amide bonds. The third-order valence-electron chi connectivity index (χ3n) is 2.36. The summed E-state index contributed by atoms with van der Waals surface area (Å²) >= 11 is 0. The average molecular weight is 288 g/mol. The molecule has 1 rings (SSSR count). The minimum Gasteiger partial charge on any atom is -0.480 e. The number of aliphatic carboxylic acids is 1. The molecule has 104 valence electrons. The lowest BCUT2D eigenvalue weighted by Crippen LogP contribution is -2.40. The molecule has 0 aliphatic carbocycles. The van der Waals surface area contributed by atoms with Crippen LogP contribution in [0.2, 0.25) is 0 Å². The highest BCUT2D eigenvalue weighted by Crippen LogP contribution is 2.23. The van der Waals surface area contributed by atoms with Gasteiger partial charge in [-0.05, 0) is 12.5 Å². The Hall–Kier alpha value is -2.00. The van der Waals surface area contributed by atoms with Gasteiger partial charge in [0.25, 0.3) is 5.69 Å². The molecule has 0 aromatic heterocycles. The van der Waals surface area contributed by atoms with Crippen LogP contribution in [0.4, 0.5) is 5.69 Å². The molecular weight excluding hydrogens is 276 g/mol. The van der Waals surface area contributed by atoms with Crippen LogP contribution < -0.4 is 4.72 Å². The van der Waals surface area contributed by atoms with Gasteiger partial charge < -0.3 is 5.11 Å². The number of carboxylic acids is 1. The maximum atomic E-state index is 12.0. The highest BCUT2D eigenvalue weighted by Gasteiger charge is 2.29. The molecule has 0 unspecified atom stereocenters. The Morgan fingerprint density at radius 1 is 1.47 bits per heavy atom. The van der Waals surface area contributed by atoms with Crippen molar-refractivity contribution in [2.24, 2.45) is 0 Å². The number of sulfonamides is 1. The van der Waals surface area contributed by atoms with E-state index in [-0.39, 0.29) is 6.42 Å². The van der Waals surface area contributed by atoms with Gasteiger partial charge in [-0.25, -0.2) is 8.42 Å². The smallest absolute Gasteiger partial charge is 0.321 e. The van der Waals surface area contributed by atoms with Gasteiger partial charge in [-0.3, -0.25) is 14.9 Å². The lowest BCUT2D eigenvalue weighted by atomic mass is 10.2. The number of nitro benzene ring substituents is 1. The normalized spacial score (nSPS) is 12.9. The summed E-state index contributed by atoms with van der Waals surface area (Å²) in [4.78, 5) is 20.2. The Bertz CT molecular complexity index is 598. The largest absolute Gasteiger partial charge is 0.480 e. The lowest BCUT2D eigenvalue weighted by Gasteiger charge is -2.12. The molecule has 0 aliphatic rings. The molecule has 9 heteroatoms. The Labute approximate surface area is 109 Å². The van der Waals surface area contributed by atoms with E-state index in [2.05, 4.69) is 0 Å². The molecule has 8 nitrogen and oxygen atoms in total. The van der Waals surface area contributed by atoms with E-state index in [1.165, 1.54) is 19.1 Å². The van der Waals surface area contributed by atoms with E-state index < -0.39 is 37.5 Å². The molecule has 0 saturated carbocycles. The van der Waals surface area contributed by atoms with Gasteiger partial charge in [0.05, 0.1) is 4.92 Å². The van der Waals surface area contributed by atoms with Crippen LogP contribution in [0.5, 0.6) is 0 Å². The summed E-state index contributed by atoms with van der Waals surface area (Å²) in [5, 5.41) is 19.6. The molecule has 2 N–H and O–H groups in total. The van der Waals surface area contributed by atoms with Crippen LogP contribution >= 0.6 is 0 Å². The number of carbonyl (C=O) groups is 1. The number of para-hydroxylation sites is 1. The van der Waals surface area contributed by atoms with E-state index in [1.54, 1.807) is 0 Å². The molecule has 0 radical (unpaired) electrons. The molecule has 0 saturated heterocycles. The standard InChI is InChI=1S/C10H12N2O6S/c1-2-7(10(13)14)11-19(17,18)9-6-4-3-5-8(9)12(15)16/h3-7,11H,2H2,1H3,(H,13,14)/t7-/m0/s1. The number of hydrogen-bond acceptors (Lipinski definition) is 5. The number of nitro groups is 1. The first-order chi connectivity index (χ1) is 8.79. The van der Waals surface area contributed by atoms with Gasteiger partial charge >= 0.3 is 5.97 Å². The van der Waals surface area contributed by atoms with Crippen molar-refractivity contribution in [3.63, 3.8) is 0 Å². The third kappa shape index (κ3) is 3.48. The molecule has 19 heavy (non-hydrogen) atoms. The monoisotopic (exact) mass is 288 g/mol. The summed E-state index contributed by atoms with van der Waals surface area (Å²) in [6.07, 6.45) is 0.0230. The molecule has 0 fully saturated rings. The summed E-state index contributed by atoms with van der Waals surface area (Å²) in [5.41, 5.74) is -0.602. The fraction of sp³-hybridized carbons (Fsp3) is 0.300. The van der Waals surface area contributed by atoms with Crippen LogP contribution in [0.3, 0.4) is 0 Å². The second-order valence-corrected chi connectivity index (χ2v) is 5.33. The lowest BCUT2D eigenvalue weighted by molar-refractivity contribution is -0.387. The average Bonchev–Trinajstić information content (AvgIpc) is 2.35. The van der Waals surface area contributed by atoms with Crippen LogP contribution in [0.1, 0.15) is 13.3 Å². The van der Waals surface area contributed by atoms with Crippen molar-refractivity contribution in [2.45, 2.75) is 24.3 Å². The van der Waals surface area contributed by atoms with Gasteiger partial charge in [0.1, 0.15) is 6.04 Å². The SMILES string of the molecule is CC[C@H](NS(=O)(=O)c1ccccc1[N+](=O)[O-])C(=O)O. The molecule has 0 spiro atoms. The summed E-state index contributed by atoms with van der Waals surface area (Å²) in [6, 6.07) is 3.41. The van der Waals surface area contributed by atoms with Gasteiger partial charge in [-0.15, -0.1) is 0 Å². The van der Waals surface area contributed by atoms with E-state index in [0.717, 1.165) is 12.1 Å². The maximum Gasteiger partial charge on any atom is 0.321 e. The fourth-order valence-corrected chi connectivity index (χ4v) is 2.84. The Morgan fingerprint density at radius 2 is 2.05 bits per heavy atom. The van der Waals surface area contributed by atoms with Gasteiger partial charge in [-0.1, -0.05) is 19.1 Å². The van der Waals surface area contributed by atoms with Crippen LogP contribution in [0, 0.1) is 10.1 Å². The summed E-state index contributed by atoms with van der Waals surface area (Å²) in [5.74, 6) is -1.34. The van der Waals surface area contributed by atoms with Crippen LogP contribution in [-0.2, 0) is 14.8 Å². The number of nitrogens with one attached hydrogen (secondary N) is 1. The second kappa shape index (κ2) is 5.76. The third-order valence-corrected chi connectivity index (χ3v) is 3.87. The predicted molar refractivity (Wildman–Crippen MR) is 65.1 cm³/mol. The zero-order valence-corrected chi connectivity index (χ0v) is 10.8. The van der Waals surface area contributed by atoms with Crippen molar-refractivity contribution in [3.05, 3.63) is 34.4 Å². The van der Waals surface area contributed by atoms with Gasteiger partial charge in [0.15, 0.2) is 4.90 Å². The molecule has 1 aromatic rings. The Morgan fingerprint density at radius 3 is 2.53 bits per heavy atom.